The number of primary amides is 2. The molecule has 2 aromatic heterocycles. The Morgan fingerprint density at radius 1 is 0.604 bits per heavy atom. The first kappa shape index (κ1) is 36.4. The molecule has 0 radical (unpaired) electrons. The number of carboxylic acid groups (broad SMARTS) is 1. The van der Waals surface area contributed by atoms with E-state index in [2.05, 4.69) is 9.13 Å². The number of carbonyl (C=O) groups is 3. The number of aliphatic carboxylic acids is 1. The number of aromatic nitrogens is 2. The van der Waals surface area contributed by atoms with Crippen molar-refractivity contribution in [3.8, 4) is 5.75 Å². The van der Waals surface area contributed by atoms with E-state index in [4.69, 9.17) is 21.3 Å². The average Bonchev–Trinajstić information content (AvgIpc) is 3.64. The molecule has 9 nitrogen and oxygen atoms in total. The van der Waals surface area contributed by atoms with Crippen LogP contribution in [0.25, 0.3) is 43.6 Å². The number of nitrogens with two attached hydrogens (primary N) is 2. The van der Waals surface area contributed by atoms with Gasteiger partial charge in [-0.25, -0.2) is 9.18 Å². The third-order valence-electron chi connectivity index (χ3n) is 8.97. The molecule has 2 amide bonds. The van der Waals surface area contributed by atoms with E-state index in [0.29, 0.717) is 40.7 Å². The fraction of sp³-hybridized carbons (Fsp3) is 0.0714. The van der Waals surface area contributed by atoms with E-state index in [1.54, 1.807) is 30.3 Å². The van der Waals surface area contributed by atoms with Crippen LogP contribution < -0.4 is 35.1 Å². The molecule has 53 heavy (non-hydrogen) atoms. The fourth-order valence-corrected chi connectivity index (χ4v) is 6.85. The number of amides is 2. The summed E-state index contributed by atoms with van der Waals surface area (Å²) in [6.07, 6.45) is 0. The molecule has 0 aliphatic carbocycles. The number of para-hydroxylation sites is 1. The standard InChI is InChI=1S/C22H18N2O4.C20H15FN2O.Li.H/c23-22(27)15-8-4-9-16-20(15)21-17(10-5-11-18(21)28-13-19(25)26)24(16)12-14-6-2-1-3-7-14;21-14-6-3-5-13(11-14)12-23-17-9-2-1-7-15(17)19-16(20(22)24)8-4-10-18(19)23;;/h1-11H,12-13H2,(H2,23,27)(H,25,26);1-11H,12H2,(H2,22,24);;/q;;+1;-1. The first-order chi connectivity index (χ1) is 25.2. The minimum absolute atomic E-state index is 0. The molecule has 6 aromatic carbocycles. The molecule has 0 saturated heterocycles. The average molecular weight is 701 g/mol. The minimum Gasteiger partial charge on any atom is -1.00 e. The summed E-state index contributed by atoms with van der Waals surface area (Å²) >= 11 is 0. The summed E-state index contributed by atoms with van der Waals surface area (Å²) in [5.41, 5.74) is 17.6. The Hall–Kier alpha value is -6.34. The molecular formula is C42H34FLiN4O5. The molecule has 11 heteroatoms. The molecule has 8 rings (SSSR count). The predicted octanol–water partition coefficient (Wildman–Crippen LogP) is 4.60. The van der Waals surface area contributed by atoms with E-state index < -0.39 is 24.4 Å². The van der Waals surface area contributed by atoms with Gasteiger partial charge in [0.15, 0.2) is 6.61 Å². The maximum Gasteiger partial charge on any atom is 1.00 e. The Balaban J connectivity index is 0.000000202. The summed E-state index contributed by atoms with van der Waals surface area (Å²) in [7, 11) is 0. The number of benzene rings is 6. The Morgan fingerprint density at radius 2 is 1.11 bits per heavy atom. The van der Waals surface area contributed by atoms with Crippen LogP contribution in [-0.4, -0.2) is 38.6 Å². The predicted molar refractivity (Wildman–Crippen MR) is 201 cm³/mol. The second-order valence-corrected chi connectivity index (χ2v) is 12.3. The van der Waals surface area contributed by atoms with Crippen molar-refractivity contribution in [3.63, 3.8) is 0 Å². The quantitative estimate of drug-likeness (QED) is 0.189. The number of hydrogen-bond acceptors (Lipinski definition) is 4. The van der Waals surface area contributed by atoms with E-state index in [9.17, 15) is 18.8 Å². The summed E-state index contributed by atoms with van der Waals surface area (Å²) in [6.45, 7) is 0.638. The molecule has 8 aromatic rings. The van der Waals surface area contributed by atoms with Crippen molar-refractivity contribution in [2.45, 2.75) is 13.1 Å². The van der Waals surface area contributed by atoms with Gasteiger partial charge in [0, 0.05) is 45.9 Å². The molecule has 0 fully saturated rings. The number of nitrogens with zero attached hydrogens (tertiary/aromatic N) is 2. The maximum absolute atomic E-state index is 13.5. The number of fused-ring (bicyclic) bond motifs is 6. The number of hydrogen-bond donors (Lipinski definition) is 3. The summed E-state index contributed by atoms with van der Waals surface area (Å²) in [4.78, 5) is 34.9. The zero-order valence-corrected chi connectivity index (χ0v) is 28.8. The Labute approximate surface area is 316 Å². The Morgan fingerprint density at radius 3 is 1.77 bits per heavy atom. The van der Waals surface area contributed by atoms with E-state index >= 15 is 0 Å². The SMILES string of the molecule is NC(=O)c1cccc2c1c1c(OCC(=O)O)cccc1n2Cc1ccccc1.NC(=O)c1cccc2c1c1ccccc1n2Cc1cccc(F)c1.[H-].[Li+]. The van der Waals surface area contributed by atoms with E-state index in [-0.39, 0.29) is 26.1 Å². The van der Waals surface area contributed by atoms with Gasteiger partial charge in [-0.3, -0.25) is 9.59 Å². The molecule has 0 aliphatic heterocycles. The van der Waals surface area contributed by atoms with Crippen molar-refractivity contribution in [2.24, 2.45) is 11.5 Å². The van der Waals surface area contributed by atoms with Gasteiger partial charge in [-0.2, -0.15) is 0 Å². The molecule has 260 valence electrons. The first-order valence-corrected chi connectivity index (χ1v) is 16.5. The molecule has 2 heterocycles. The van der Waals surface area contributed by atoms with Crippen molar-refractivity contribution in [2.75, 3.05) is 6.61 Å². The van der Waals surface area contributed by atoms with Crippen LogP contribution in [-0.2, 0) is 17.9 Å². The molecule has 5 N–H and O–H groups in total. The Kier molecular flexibility index (Phi) is 10.7. The summed E-state index contributed by atoms with van der Waals surface area (Å²) in [5, 5.41) is 12.2. The molecule has 0 bridgehead atoms. The number of rotatable bonds is 9. The number of carboxylic acids is 1. The monoisotopic (exact) mass is 700 g/mol. The molecule has 0 aliphatic rings. The molecule has 0 saturated carbocycles. The van der Waals surface area contributed by atoms with Crippen molar-refractivity contribution in [3.05, 3.63) is 162 Å². The topological polar surface area (TPSA) is 143 Å². The number of carbonyl (C=O) groups excluding carboxylic acids is 2. The van der Waals surface area contributed by atoms with Gasteiger partial charge in [-0.05, 0) is 65.7 Å². The van der Waals surface area contributed by atoms with E-state index in [1.807, 2.05) is 91.0 Å². The first-order valence-electron chi connectivity index (χ1n) is 16.5. The number of ether oxygens (including phenoxy) is 1. The van der Waals surface area contributed by atoms with Crippen LogP contribution in [0, 0.1) is 5.82 Å². The van der Waals surface area contributed by atoms with Crippen LogP contribution in [0.1, 0.15) is 33.3 Å². The number of halogens is 1. The van der Waals surface area contributed by atoms with Gasteiger partial charge in [-0.1, -0.05) is 78.9 Å². The van der Waals surface area contributed by atoms with Crippen LogP contribution >= 0.6 is 0 Å². The second kappa shape index (κ2) is 15.5. The van der Waals surface area contributed by atoms with Crippen LogP contribution in [0.4, 0.5) is 4.39 Å². The van der Waals surface area contributed by atoms with Crippen LogP contribution in [0.15, 0.2) is 133 Å². The van der Waals surface area contributed by atoms with Gasteiger partial charge in [0.2, 0.25) is 11.8 Å². The van der Waals surface area contributed by atoms with E-state index in [0.717, 1.165) is 44.0 Å². The zero-order valence-electron chi connectivity index (χ0n) is 29.8. The second-order valence-electron chi connectivity index (χ2n) is 12.3. The van der Waals surface area contributed by atoms with Gasteiger partial charge in [0.25, 0.3) is 0 Å². The van der Waals surface area contributed by atoms with Gasteiger partial charge in [0.1, 0.15) is 11.6 Å². The Bertz CT molecular complexity index is 2660. The maximum atomic E-state index is 13.5. The van der Waals surface area contributed by atoms with Crippen molar-refractivity contribution in [1.29, 1.82) is 0 Å². The van der Waals surface area contributed by atoms with Crippen LogP contribution in [0.5, 0.6) is 5.75 Å². The summed E-state index contributed by atoms with van der Waals surface area (Å²) < 4.78 is 23.2. The van der Waals surface area contributed by atoms with E-state index in [1.165, 1.54) is 12.1 Å². The third-order valence-corrected chi connectivity index (χ3v) is 8.97. The molecular weight excluding hydrogens is 666 g/mol. The van der Waals surface area contributed by atoms with Crippen molar-refractivity contribution >= 4 is 61.4 Å². The molecule has 0 atom stereocenters. The van der Waals surface area contributed by atoms with Gasteiger partial charge < -0.3 is 31.9 Å². The van der Waals surface area contributed by atoms with Crippen molar-refractivity contribution in [1.82, 2.24) is 9.13 Å². The smallest absolute Gasteiger partial charge is 1.00 e. The minimum atomic E-state index is -1.07. The summed E-state index contributed by atoms with van der Waals surface area (Å²) in [5.74, 6) is -1.91. The van der Waals surface area contributed by atoms with Crippen molar-refractivity contribution < 1.29 is 48.9 Å². The molecule has 0 unspecified atom stereocenters. The summed E-state index contributed by atoms with van der Waals surface area (Å²) in [6, 6.07) is 40.7. The largest absolute Gasteiger partial charge is 1.00 e. The van der Waals surface area contributed by atoms with Gasteiger partial charge in [-0.15, -0.1) is 0 Å². The van der Waals surface area contributed by atoms with Gasteiger partial charge in [0.05, 0.1) is 21.9 Å². The fourth-order valence-electron chi connectivity index (χ4n) is 6.85. The van der Waals surface area contributed by atoms with Gasteiger partial charge >= 0.3 is 24.8 Å². The zero-order chi connectivity index (χ0) is 36.4. The normalized spacial score (nSPS) is 10.9. The third kappa shape index (κ3) is 7.24. The molecule has 0 spiro atoms. The van der Waals surface area contributed by atoms with Crippen LogP contribution in [0.3, 0.4) is 0 Å². The van der Waals surface area contributed by atoms with Crippen LogP contribution in [0.2, 0.25) is 0 Å².